The first-order valence-electron chi connectivity index (χ1n) is 9.70. The molecular weight excluding hydrogens is 402 g/mol. The zero-order valence-corrected chi connectivity index (χ0v) is 16.8. The topological polar surface area (TPSA) is 55.8 Å². The number of ether oxygens (including phenoxy) is 2. The molecule has 5 nitrogen and oxygen atoms in total. The first-order valence-corrected chi connectivity index (χ1v) is 10.1. The van der Waals surface area contributed by atoms with Crippen molar-refractivity contribution in [2.75, 3.05) is 13.1 Å². The van der Waals surface area contributed by atoms with Gasteiger partial charge >= 0.3 is 5.97 Å². The molecule has 0 saturated carbocycles. The van der Waals surface area contributed by atoms with Gasteiger partial charge in [0.1, 0.15) is 11.5 Å². The minimum absolute atomic E-state index is 0.117. The van der Waals surface area contributed by atoms with E-state index < -0.39 is 5.60 Å². The standard InChI is InChI=1S/C24H18ClNO4/c25-17-8-10-18(11-9-17)29-19-5-3-4-16(14-19)22(27)26-13-12-24(15-26)21-7-2-1-6-20(21)23(28)30-24/h1-11,14H,12-13,15H2/t24-/m0/s1. The van der Waals surface area contributed by atoms with E-state index in [2.05, 4.69) is 0 Å². The fraction of sp³-hybridized carbons (Fsp3) is 0.167. The molecule has 0 unspecified atom stereocenters. The predicted molar refractivity (Wildman–Crippen MR) is 112 cm³/mol. The fourth-order valence-electron chi connectivity index (χ4n) is 4.12. The lowest BCUT2D eigenvalue weighted by molar-refractivity contribution is -0.00306. The number of benzene rings is 3. The second-order valence-electron chi connectivity index (χ2n) is 7.49. The van der Waals surface area contributed by atoms with E-state index >= 15 is 0 Å². The van der Waals surface area contributed by atoms with Crippen LogP contribution in [-0.2, 0) is 10.3 Å². The predicted octanol–water partition coefficient (Wildman–Crippen LogP) is 5.04. The number of esters is 1. The van der Waals surface area contributed by atoms with Gasteiger partial charge in [0.2, 0.25) is 0 Å². The van der Waals surface area contributed by atoms with Crippen LogP contribution in [-0.4, -0.2) is 29.9 Å². The number of hydrogen-bond donors (Lipinski definition) is 0. The van der Waals surface area contributed by atoms with E-state index in [9.17, 15) is 9.59 Å². The monoisotopic (exact) mass is 419 g/mol. The Labute approximate surface area is 178 Å². The summed E-state index contributed by atoms with van der Waals surface area (Å²) in [5, 5.41) is 0.628. The van der Waals surface area contributed by atoms with Gasteiger partial charge in [-0.1, -0.05) is 35.9 Å². The van der Waals surface area contributed by atoms with Crippen molar-refractivity contribution in [3.63, 3.8) is 0 Å². The number of nitrogens with zero attached hydrogens (tertiary/aromatic N) is 1. The second kappa shape index (κ2) is 7.18. The highest BCUT2D eigenvalue weighted by Gasteiger charge is 2.50. The van der Waals surface area contributed by atoms with E-state index in [1.54, 1.807) is 59.5 Å². The Morgan fingerprint density at radius 1 is 1.00 bits per heavy atom. The van der Waals surface area contributed by atoms with E-state index in [1.165, 1.54) is 0 Å². The molecule has 150 valence electrons. The molecule has 1 amide bonds. The molecule has 30 heavy (non-hydrogen) atoms. The van der Waals surface area contributed by atoms with Crippen molar-refractivity contribution in [1.82, 2.24) is 4.90 Å². The Kier molecular flexibility index (Phi) is 4.48. The van der Waals surface area contributed by atoms with Crippen LogP contribution < -0.4 is 4.74 Å². The number of carbonyl (C=O) groups excluding carboxylic acids is 2. The minimum Gasteiger partial charge on any atom is -0.457 e. The smallest absolute Gasteiger partial charge is 0.339 e. The summed E-state index contributed by atoms with van der Waals surface area (Å²) in [6, 6.07) is 21.5. The van der Waals surface area contributed by atoms with E-state index in [4.69, 9.17) is 21.1 Å². The normalized spacial score (nSPS) is 19.6. The van der Waals surface area contributed by atoms with Crippen LogP contribution in [0.15, 0.2) is 72.8 Å². The lowest BCUT2D eigenvalue weighted by Gasteiger charge is -2.24. The van der Waals surface area contributed by atoms with Gasteiger partial charge in [-0.25, -0.2) is 4.79 Å². The van der Waals surface area contributed by atoms with Gasteiger partial charge < -0.3 is 14.4 Å². The highest BCUT2D eigenvalue weighted by Crippen LogP contribution is 2.43. The summed E-state index contributed by atoms with van der Waals surface area (Å²) in [6.45, 7) is 0.861. The molecule has 1 saturated heterocycles. The molecule has 0 aromatic heterocycles. The van der Waals surface area contributed by atoms with Crippen molar-refractivity contribution < 1.29 is 19.1 Å². The van der Waals surface area contributed by atoms with Crippen molar-refractivity contribution in [3.8, 4) is 11.5 Å². The average Bonchev–Trinajstić information content (AvgIpc) is 3.31. The van der Waals surface area contributed by atoms with Gasteiger partial charge in [-0.2, -0.15) is 0 Å². The molecule has 0 N–H and O–H groups in total. The molecule has 1 spiro atoms. The van der Waals surface area contributed by atoms with Gasteiger partial charge in [0.25, 0.3) is 5.91 Å². The van der Waals surface area contributed by atoms with Gasteiger partial charge in [-0.15, -0.1) is 0 Å². The number of amides is 1. The van der Waals surface area contributed by atoms with Crippen LogP contribution >= 0.6 is 11.6 Å². The lowest BCUT2D eigenvalue weighted by atomic mass is 9.91. The highest BCUT2D eigenvalue weighted by atomic mass is 35.5. The quantitative estimate of drug-likeness (QED) is 0.558. The van der Waals surface area contributed by atoms with Gasteiger partial charge in [0, 0.05) is 29.1 Å². The fourth-order valence-corrected chi connectivity index (χ4v) is 4.24. The third kappa shape index (κ3) is 3.21. The maximum Gasteiger partial charge on any atom is 0.339 e. The van der Waals surface area contributed by atoms with Gasteiger partial charge in [-0.05, 0) is 48.5 Å². The zero-order valence-electron chi connectivity index (χ0n) is 16.0. The number of halogens is 1. The molecule has 2 aliphatic heterocycles. The second-order valence-corrected chi connectivity index (χ2v) is 7.93. The van der Waals surface area contributed by atoms with Crippen molar-refractivity contribution in [2.24, 2.45) is 0 Å². The summed E-state index contributed by atoms with van der Waals surface area (Å²) in [7, 11) is 0. The Morgan fingerprint density at radius 2 is 1.80 bits per heavy atom. The van der Waals surface area contributed by atoms with Crippen LogP contribution in [0.2, 0.25) is 5.02 Å². The maximum atomic E-state index is 13.1. The molecule has 3 aromatic carbocycles. The highest BCUT2D eigenvalue weighted by molar-refractivity contribution is 6.30. The Morgan fingerprint density at radius 3 is 2.63 bits per heavy atom. The van der Waals surface area contributed by atoms with Crippen molar-refractivity contribution >= 4 is 23.5 Å². The van der Waals surface area contributed by atoms with Gasteiger partial charge in [0.05, 0.1) is 12.1 Å². The minimum atomic E-state index is -0.749. The Hall–Kier alpha value is -3.31. The largest absolute Gasteiger partial charge is 0.457 e. The third-order valence-electron chi connectivity index (χ3n) is 5.58. The number of rotatable bonds is 3. The third-order valence-corrected chi connectivity index (χ3v) is 5.83. The van der Waals surface area contributed by atoms with Crippen molar-refractivity contribution in [2.45, 2.75) is 12.0 Å². The lowest BCUT2D eigenvalue weighted by Crippen LogP contribution is -2.34. The average molecular weight is 420 g/mol. The molecular formula is C24H18ClNO4. The molecule has 5 rings (SSSR count). The number of likely N-dealkylation sites (tertiary alicyclic amines) is 1. The number of fused-ring (bicyclic) bond motifs is 2. The van der Waals surface area contributed by atoms with E-state index in [-0.39, 0.29) is 11.9 Å². The van der Waals surface area contributed by atoms with E-state index in [0.717, 1.165) is 5.56 Å². The van der Waals surface area contributed by atoms with Gasteiger partial charge in [-0.3, -0.25) is 4.79 Å². The Bertz CT molecular complexity index is 1140. The van der Waals surface area contributed by atoms with E-state index in [1.807, 2.05) is 18.2 Å². The SMILES string of the molecule is O=C1O[C@]2(CCN(C(=O)c3cccc(Oc4ccc(Cl)cc4)c3)C2)c2ccccc21. The Balaban J connectivity index is 1.35. The van der Waals surface area contributed by atoms with Gasteiger partial charge in [0.15, 0.2) is 5.60 Å². The van der Waals surface area contributed by atoms with Crippen LogP contribution in [0.4, 0.5) is 0 Å². The van der Waals surface area contributed by atoms with Crippen LogP contribution in [0.1, 0.15) is 32.7 Å². The summed E-state index contributed by atoms with van der Waals surface area (Å²) < 4.78 is 11.6. The number of hydrogen-bond acceptors (Lipinski definition) is 4. The molecule has 0 radical (unpaired) electrons. The first kappa shape index (κ1) is 18.7. The van der Waals surface area contributed by atoms with Crippen LogP contribution in [0, 0.1) is 0 Å². The maximum absolute atomic E-state index is 13.1. The summed E-state index contributed by atoms with van der Waals surface area (Å²) in [5.41, 5.74) is 1.23. The first-order chi connectivity index (χ1) is 14.5. The molecule has 6 heteroatoms. The molecule has 0 aliphatic carbocycles. The summed E-state index contributed by atoms with van der Waals surface area (Å²) in [5.74, 6) is 0.764. The number of carbonyl (C=O) groups is 2. The van der Waals surface area contributed by atoms with E-state index in [0.29, 0.717) is 47.2 Å². The molecule has 0 bridgehead atoms. The molecule has 2 aliphatic rings. The summed E-state index contributed by atoms with van der Waals surface area (Å²) in [4.78, 5) is 27.1. The molecule has 2 heterocycles. The van der Waals surface area contributed by atoms with Crippen LogP contribution in [0.3, 0.4) is 0 Å². The zero-order chi connectivity index (χ0) is 20.7. The summed E-state index contributed by atoms with van der Waals surface area (Å²) >= 11 is 5.91. The molecule has 3 aromatic rings. The van der Waals surface area contributed by atoms with Crippen LogP contribution in [0.5, 0.6) is 11.5 Å². The van der Waals surface area contributed by atoms with Crippen LogP contribution in [0.25, 0.3) is 0 Å². The summed E-state index contributed by atoms with van der Waals surface area (Å²) in [6.07, 6.45) is 0.586. The molecule has 1 fully saturated rings. The van der Waals surface area contributed by atoms with Crippen molar-refractivity contribution in [3.05, 3.63) is 94.5 Å². The van der Waals surface area contributed by atoms with Crippen molar-refractivity contribution in [1.29, 1.82) is 0 Å². The molecule has 1 atom stereocenters.